The van der Waals surface area contributed by atoms with Gasteiger partial charge in [0, 0.05) is 0 Å². The molecule has 0 fully saturated rings. The van der Waals surface area contributed by atoms with Crippen LogP contribution in [0.3, 0.4) is 0 Å². The molecule has 92 valence electrons. The van der Waals surface area contributed by atoms with Crippen molar-refractivity contribution in [3.63, 3.8) is 0 Å². The molecule has 0 aliphatic carbocycles. The van der Waals surface area contributed by atoms with E-state index in [-0.39, 0.29) is 6.54 Å². The smallest absolute Gasteiger partial charge is 0.261 e. The standard InChI is InChI=1S/C11H12F2N2OS/c1-7-5-9(11(16)15-6-10(12)13)17-8(7)3-2-4-14/h5,10H,4,6,14H2,1H3,(H,15,16). The van der Waals surface area contributed by atoms with Crippen molar-refractivity contribution in [3.8, 4) is 11.8 Å². The zero-order valence-corrected chi connectivity index (χ0v) is 10.0. The van der Waals surface area contributed by atoms with Crippen LogP contribution in [0.2, 0.25) is 0 Å². The first-order valence-electron chi connectivity index (χ1n) is 4.90. The van der Waals surface area contributed by atoms with Gasteiger partial charge in [0.1, 0.15) is 0 Å². The second-order valence-electron chi connectivity index (χ2n) is 3.23. The van der Waals surface area contributed by atoms with Gasteiger partial charge in [-0.25, -0.2) is 8.78 Å². The fraction of sp³-hybridized carbons (Fsp3) is 0.364. The molecule has 1 aromatic heterocycles. The van der Waals surface area contributed by atoms with E-state index >= 15 is 0 Å². The lowest BCUT2D eigenvalue weighted by Crippen LogP contribution is -2.27. The molecule has 0 unspecified atom stereocenters. The summed E-state index contributed by atoms with van der Waals surface area (Å²) in [6.45, 7) is 1.41. The van der Waals surface area contributed by atoms with E-state index in [9.17, 15) is 13.6 Å². The van der Waals surface area contributed by atoms with Crippen LogP contribution in [0, 0.1) is 18.8 Å². The molecule has 1 rings (SSSR count). The molecule has 1 heterocycles. The van der Waals surface area contributed by atoms with Crippen LogP contribution in [0.1, 0.15) is 20.1 Å². The highest BCUT2D eigenvalue weighted by Gasteiger charge is 2.12. The number of hydrogen-bond acceptors (Lipinski definition) is 3. The molecule has 6 heteroatoms. The van der Waals surface area contributed by atoms with E-state index in [4.69, 9.17) is 5.73 Å². The molecule has 0 saturated heterocycles. The molecule has 0 atom stereocenters. The Hall–Kier alpha value is -1.45. The second kappa shape index (κ2) is 6.33. The molecule has 1 aromatic rings. The largest absolute Gasteiger partial charge is 0.346 e. The number of nitrogens with two attached hydrogens (primary N) is 1. The summed E-state index contributed by atoms with van der Waals surface area (Å²) in [4.78, 5) is 12.6. The number of alkyl halides is 2. The molecule has 0 spiro atoms. The molecule has 0 radical (unpaired) electrons. The first kappa shape index (κ1) is 13.6. The fourth-order valence-corrected chi connectivity index (χ4v) is 2.07. The minimum absolute atomic E-state index is 0.240. The van der Waals surface area contributed by atoms with Gasteiger partial charge >= 0.3 is 0 Å². The number of rotatable bonds is 3. The summed E-state index contributed by atoms with van der Waals surface area (Å²) in [5.41, 5.74) is 6.09. The lowest BCUT2D eigenvalue weighted by Gasteiger charge is -2.00. The van der Waals surface area contributed by atoms with Crippen molar-refractivity contribution in [3.05, 3.63) is 21.4 Å². The van der Waals surface area contributed by atoms with Crippen molar-refractivity contribution in [1.29, 1.82) is 0 Å². The summed E-state index contributed by atoms with van der Waals surface area (Å²) in [5, 5.41) is 2.14. The highest BCUT2D eigenvalue weighted by atomic mass is 32.1. The Bertz CT molecular complexity index is 460. The minimum Gasteiger partial charge on any atom is -0.346 e. The number of amides is 1. The van der Waals surface area contributed by atoms with Crippen LogP contribution >= 0.6 is 11.3 Å². The van der Waals surface area contributed by atoms with Gasteiger partial charge < -0.3 is 11.1 Å². The van der Waals surface area contributed by atoms with Crippen LogP contribution in [0.4, 0.5) is 8.78 Å². The molecule has 1 amide bonds. The SMILES string of the molecule is Cc1cc(C(=O)NCC(F)F)sc1C#CCN. The topological polar surface area (TPSA) is 55.1 Å². The summed E-state index contributed by atoms with van der Waals surface area (Å²) >= 11 is 1.17. The number of thiophene rings is 1. The van der Waals surface area contributed by atoms with Crippen LogP contribution < -0.4 is 11.1 Å². The third kappa shape index (κ3) is 4.13. The predicted molar refractivity (Wildman–Crippen MR) is 63.3 cm³/mol. The highest BCUT2D eigenvalue weighted by molar-refractivity contribution is 7.14. The van der Waals surface area contributed by atoms with E-state index in [1.165, 1.54) is 11.3 Å². The van der Waals surface area contributed by atoms with Gasteiger partial charge in [0.15, 0.2) is 0 Å². The number of nitrogens with one attached hydrogen (secondary N) is 1. The Morgan fingerprint density at radius 3 is 2.94 bits per heavy atom. The Morgan fingerprint density at radius 2 is 2.35 bits per heavy atom. The highest BCUT2D eigenvalue weighted by Crippen LogP contribution is 2.20. The average molecular weight is 258 g/mol. The van der Waals surface area contributed by atoms with E-state index < -0.39 is 18.9 Å². The maximum atomic E-state index is 11.9. The lowest BCUT2D eigenvalue weighted by molar-refractivity contribution is 0.0895. The van der Waals surface area contributed by atoms with E-state index in [1.54, 1.807) is 13.0 Å². The average Bonchev–Trinajstić information content (AvgIpc) is 2.65. The first-order chi connectivity index (χ1) is 8.04. The molecule has 0 saturated carbocycles. The fourth-order valence-electron chi connectivity index (χ4n) is 1.11. The number of carbonyl (C=O) groups is 1. The van der Waals surface area contributed by atoms with Crippen LogP contribution in [-0.2, 0) is 0 Å². The van der Waals surface area contributed by atoms with Gasteiger partial charge in [0.25, 0.3) is 12.3 Å². The molecular formula is C11H12F2N2OS. The van der Waals surface area contributed by atoms with Gasteiger partial charge in [-0.1, -0.05) is 11.8 Å². The molecule has 0 aliphatic heterocycles. The molecule has 0 aromatic carbocycles. The quantitative estimate of drug-likeness (QED) is 0.804. The number of halogens is 2. The minimum atomic E-state index is -2.54. The Balaban J connectivity index is 2.75. The maximum absolute atomic E-state index is 11.9. The summed E-state index contributed by atoms with van der Waals surface area (Å²) in [6.07, 6.45) is -2.54. The van der Waals surface area contributed by atoms with Crippen LogP contribution in [-0.4, -0.2) is 25.4 Å². The Labute approximate surface area is 102 Å². The summed E-state index contributed by atoms with van der Waals surface area (Å²) in [5.74, 6) is 5.01. The molecule has 3 N–H and O–H groups in total. The van der Waals surface area contributed by atoms with Crippen molar-refractivity contribution >= 4 is 17.2 Å². The van der Waals surface area contributed by atoms with Crippen LogP contribution in [0.25, 0.3) is 0 Å². The van der Waals surface area contributed by atoms with E-state index in [0.717, 1.165) is 10.4 Å². The number of aryl methyl sites for hydroxylation is 1. The van der Waals surface area contributed by atoms with Crippen LogP contribution in [0.15, 0.2) is 6.07 Å². The molecule has 3 nitrogen and oxygen atoms in total. The molecule has 0 bridgehead atoms. The first-order valence-corrected chi connectivity index (χ1v) is 5.72. The van der Waals surface area contributed by atoms with Crippen LogP contribution in [0.5, 0.6) is 0 Å². The van der Waals surface area contributed by atoms with Gasteiger partial charge in [0.2, 0.25) is 0 Å². The van der Waals surface area contributed by atoms with E-state index in [0.29, 0.717) is 4.88 Å². The predicted octanol–water partition coefficient (Wildman–Crippen LogP) is 1.36. The van der Waals surface area contributed by atoms with E-state index in [2.05, 4.69) is 17.2 Å². The Kier molecular flexibility index (Phi) is 5.07. The number of carbonyl (C=O) groups excluding carboxylic acids is 1. The van der Waals surface area contributed by atoms with Gasteiger partial charge in [-0.05, 0) is 18.6 Å². The van der Waals surface area contributed by atoms with Crippen molar-refractivity contribution in [2.45, 2.75) is 13.3 Å². The number of hydrogen-bond donors (Lipinski definition) is 2. The zero-order chi connectivity index (χ0) is 12.8. The van der Waals surface area contributed by atoms with Crippen molar-refractivity contribution in [2.24, 2.45) is 5.73 Å². The van der Waals surface area contributed by atoms with Gasteiger partial charge in [-0.3, -0.25) is 4.79 Å². The van der Waals surface area contributed by atoms with Crippen molar-refractivity contribution < 1.29 is 13.6 Å². The van der Waals surface area contributed by atoms with Crippen molar-refractivity contribution in [1.82, 2.24) is 5.32 Å². The third-order valence-electron chi connectivity index (χ3n) is 1.86. The molecule has 17 heavy (non-hydrogen) atoms. The second-order valence-corrected chi connectivity index (χ2v) is 4.28. The monoisotopic (exact) mass is 258 g/mol. The zero-order valence-electron chi connectivity index (χ0n) is 9.22. The van der Waals surface area contributed by atoms with Gasteiger partial charge in [0.05, 0.1) is 22.8 Å². The van der Waals surface area contributed by atoms with Gasteiger partial charge in [-0.15, -0.1) is 11.3 Å². The Morgan fingerprint density at radius 1 is 1.65 bits per heavy atom. The van der Waals surface area contributed by atoms with Gasteiger partial charge in [-0.2, -0.15) is 0 Å². The molecule has 0 aliphatic rings. The summed E-state index contributed by atoms with van der Waals surface area (Å²) < 4.78 is 23.8. The summed E-state index contributed by atoms with van der Waals surface area (Å²) in [7, 11) is 0. The third-order valence-corrected chi connectivity index (χ3v) is 3.01. The lowest BCUT2D eigenvalue weighted by atomic mass is 10.2. The summed E-state index contributed by atoms with van der Waals surface area (Å²) in [6, 6.07) is 1.63. The van der Waals surface area contributed by atoms with Crippen molar-refractivity contribution in [2.75, 3.05) is 13.1 Å². The maximum Gasteiger partial charge on any atom is 0.261 e. The normalized spacial score (nSPS) is 9.94. The van der Waals surface area contributed by atoms with E-state index in [1.807, 2.05) is 0 Å². The molecular weight excluding hydrogens is 246 g/mol.